The molecule has 0 atom stereocenters. The predicted octanol–water partition coefficient (Wildman–Crippen LogP) is 8.41. The molecule has 0 saturated heterocycles. The fourth-order valence-electron chi connectivity index (χ4n) is 5.47. The van der Waals surface area contributed by atoms with Crippen LogP contribution in [0.25, 0.3) is 0 Å². The fourth-order valence-corrected chi connectivity index (χ4v) is 8.26. The normalized spacial score (nSPS) is 11.2. The van der Waals surface area contributed by atoms with Gasteiger partial charge in [0.1, 0.15) is 12.9 Å². The molecule has 5 aromatic carbocycles. The Morgan fingerprint density at radius 2 is 1.15 bits per heavy atom. The molecule has 0 bridgehead atoms. The molecular weight excluding hydrogens is 589 g/mol. The van der Waals surface area contributed by atoms with E-state index in [1.165, 1.54) is 5.56 Å². The third-order valence-electron chi connectivity index (χ3n) is 7.76. The van der Waals surface area contributed by atoms with Gasteiger partial charge in [-0.3, -0.25) is 0 Å². The molecule has 5 rings (SSSR count). The van der Waals surface area contributed by atoms with Gasteiger partial charge in [-0.1, -0.05) is 91.0 Å². The molecule has 6 nitrogen and oxygen atoms in total. The number of amides is 2. The number of anilines is 2. The van der Waals surface area contributed by atoms with Crippen LogP contribution < -0.4 is 31.3 Å². The molecule has 0 aliphatic heterocycles. The van der Waals surface area contributed by atoms with Gasteiger partial charge in [0.05, 0.1) is 6.61 Å². The zero-order valence-electron chi connectivity index (χ0n) is 26.5. The van der Waals surface area contributed by atoms with E-state index in [0.29, 0.717) is 19.3 Å². The van der Waals surface area contributed by atoms with Crippen LogP contribution in [0.3, 0.4) is 0 Å². The van der Waals surface area contributed by atoms with Crippen LogP contribution in [0.5, 0.6) is 5.75 Å². The Labute approximate surface area is 272 Å². The number of urea groups is 1. The van der Waals surface area contributed by atoms with Crippen LogP contribution in [-0.2, 0) is 17.7 Å². The zero-order chi connectivity index (χ0) is 32.2. The van der Waals surface area contributed by atoms with E-state index in [1.807, 2.05) is 123 Å². The highest BCUT2D eigenvalue weighted by atomic mass is 31.2. The van der Waals surface area contributed by atoms with E-state index in [4.69, 9.17) is 4.74 Å². The topological polar surface area (TPSA) is 79.5 Å². The predicted molar refractivity (Wildman–Crippen MR) is 191 cm³/mol. The average Bonchev–Trinajstić information content (AvgIpc) is 3.06. The Balaban J connectivity index is 1.01. The number of benzene rings is 5. The number of hydrogen-bond donors (Lipinski definition) is 3. The Kier molecular flexibility index (Phi) is 11.4. The molecule has 7 heteroatoms. The quantitative estimate of drug-likeness (QED) is 0.0850. The summed E-state index contributed by atoms with van der Waals surface area (Å²) in [6.07, 6.45) is 2.27. The van der Waals surface area contributed by atoms with Crippen LogP contribution in [0.4, 0.5) is 16.2 Å². The maximum Gasteiger partial charge on any atom is 0.323 e. The van der Waals surface area contributed by atoms with Gasteiger partial charge >= 0.3 is 6.03 Å². The second-order valence-corrected chi connectivity index (χ2v) is 14.5. The molecule has 236 valence electrons. The number of rotatable bonds is 14. The molecule has 0 aromatic heterocycles. The molecule has 0 aliphatic rings. The Morgan fingerprint density at radius 3 is 1.72 bits per heavy atom. The molecule has 0 saturated carbocycles. The van der Waals surface area contributed by atoms with Crippen LogP contribution in [-0.4, -0.2) is 18.8 Å². The number of ether oxygens (including phenoxy) is 1. The summed E-state index contributed by atoms with van der Waals surface area (Å²) in [7, 11) is -2.68. The largest absolute Gasteiger partial charge is 0.494 e. The van der Waals surface area contributed by atoms with E-state index in [0.717, 1.165) is 63.8 Å². The molecular formula is C39H42N3O3P. The van der Waals surface area contributed by atoms with Crippen molar-refractivity contribution in [3.05, 3.63) is 150 Å². The van der Waals surface area contributed by atoms with Crippen molar-refractivity contribution in [3.8, 4) is 5.75 Å². The molecule has 0 spiro atoms. The van der Waals surface area contributed by atoms with Gasteiger partial charge < -0.3 is 25.3 Å². The van der Waals surface area contributed by atoms with Gasteiger partial charge in [-0.25, -0.2) is 4.79 Å². The van der Waals surface area contributed by atoms with Crippen LogP contribution in [0.15, 0.2) is 127 Å². The first-order chi connectivity index (χ1) is 22.4. The van der Waals surface area contributed by atoms with E-state index >= 15 is 0 Å². The van der Waals surface area contributed by atoms with Gasteiger partial charge in [-0.05, 0) is 85.3 Å². The highest BCUT2D eigenvalue weighted by Gasteiger charge is 2.26. The van der Waals surface area contributed by atoms with Gasteiger partial charge in [-0.2, -0.15) is 0 Å². The number of carbonyl (C=O) groups excluding carboxylic acids is 1. The van der Waals surface area contributed by atoms with E-state index in [-0.39, 0.29) is 6.03 Å². The van der Waals surface area contributed by atoms with Crippen molar-refractivity contribution >= 4 is 35.2 Å². The molecule has 0 fully saturated rings. The number of nitrogens with one attached hydrogen (secondary N) is 3. The fraction of sp³-hybridized carbons (Fsp3) is 0.205. The number of unbranched alkanes of at least 4 members (excludes halogenated alkanes) is 1. The van der Waals surface area contributed by atoms with Crippen LogP contribution in [0, 0.1) is 13.8 Å². The molecule has 46 heavy (non-hydrogen) atoms. The summed E-state index contributed by atoms with van der Waals surface area (Å²) < 4.78 is 20.1. The molecule has 2 amide bonds. The van der Waals surface area contributed by atoms with Gasteiger partial charge in [0.15, 0.2) is 0 Å². The summed E-state index contributed by atoms with van der Waals surface area (Å²) in [6.45, 7) is 6.04. The minimum atomic E-state index is -2.68. The lowest BCUT2D eigenvalue weighted by Crippen LogP contribution is -2.19. The lowest BCUT2D eigenvalue weighted by molar-refractivity contribution is 0.262. The Morgan fingerprint density at radius 1 is 0.630 bits per heavy atom. The maximum atomic E-state index is 14.1. The average molecular weight is 632 g/mol. The molecule has 0 unspecified atom stereocenters. The van der Waals surface area contributed by atoms with E-state index in [9.17, 15) is 9.36 Å². The number of carbonyl (C=O) groups is 1. The highest BCUT2D eigenvalue weighted by Crippen LogP contribution is 2.44. The van der Waals surface area contributed by atoms with E-state index in [2.05, 4.69) is 34.1 Å². The van der Waals surface area contributed by atoms with Crippen molar-refractivity contribution in [2.24, 2.45) is 0 Å². The molecule has 0 radical (unpaired) electrons. The Bertz CT molecular complexity index is 1680. The lowest BCUT2D eigenvalue weighted by Gasteiger charge is -2.19. The smallest absolute Gasteiger partial charge is 0.323 e. The van der Waals surface area contributed by atoms with Crippen molar-refractivity contribution in [3.63, 3.8) is 0 Å². The van der Waals surface area contributed by atoms with Crippen molar-refractivity contribution in [2.75, 3.05) is 23.4 Å². The monoisotopic (exact) mass is 631 g/mol. The number of hydrogen-bond acceptors (Lipinski definition) is 4. The minimum Gasteiger partial charge on any atom is -0.494 e. The summed E-state index contributed by atoms with van der Waals surface area (Å²) in [6, 6.07) is 41.4. The summed E-state index contributed by atoms with van der Waals surface area (Å²) in [5.41, 5.74) is 6.03. The summed E-state index contributed by atoms with van der Waals surface area (Å²) in [5, 5.41) is 11.1. The maximum absolute atomic E-state index is 14.1. The van der Waals surface area contributed by atoms with Crippen molar-refractivity contribution in [1.82, 2.24) is 5.32 Å². The van der Waals surface area contributed by atoms with Gasteiger partial charge in [0.25, 0.3) is 0 Å². The third kappa shape index (κ3) is 9.43. The SMILES string of the molecule is Cc1cc(C)cc(NC(=O)Nc2ccc(CNCc3ccc(OCCCCP(=O)(c4ccccc4)c4ccccc4)cc3)cc2)c1. The minimum absolute atomic E-state index is 0.264. The van der Waals surface area contributed by atoms with Crippen LogP contribution in [0.1, 0.15) is 35.1 Å². The molecule has 0 heterocycles. The lowest BCUT2D eigenvalue weighted by atomic mass is 10.1. The summed E-state index contributed by atoms with van der Waals surface area (Å²) in [4.78, 5) is 12.4. The second kappa shape index (κ2) is 16.1. The first-order valence-electron chi connectivity index (χ1n) is 15.8. The first kappa shape index (κ1) is 32.7. The molecule has 0 aliphatic carbocycles. The van der Waals surface area contributed by atoms with Gasteiger partial charge in [0.2, 0.25) is 0 Å². The van der Waals surface area contributed by atoms with Crippen LogP contribution >= 0.6 is 7.14 Å². The van der Waals surface area contributed by atoms with Crippen molar-refractivity contribution < 1.29 is 14.1 Å². The summed E-state index contributed by atoms with van der Waals surface area (Å²) in [5.74, 6) is 0.836. The van der Waals surface area contributed by atoms with Crippen molar-refractivity contribution in [1.29, 1.82) is 0 Å². The Hall–Kier alpha value is -4.64. The number of aryl methyl sites for hydroxylation is 2. The van der Waals surface area contributed by atoms with E-state index in [1.54, 1.807) is 0 Å². The molecule has 5 aromatic rings. The standard InChI is InChI=1S/C39H42N3O3P/c1-30-25-31(2)27-35(26-30)42-39(43)41-34-19-15-32(16-20-34)28-40-29-33-17-21-36(22-18-33)45-23-9-10-24-46(44,37-11-5-3-6-12-37)38-13-7-4-8-14-38/h3-8,11-22,25-27,40H,9-10,23-24,28-29H2,1-2H3,(H2,41,42,43). The summed E-state index contributed by atoms with van der Waals surface area (Å²) >= 11 is 0. The third-order valence-corrected chi connectivity index (χ3v) is 11.0. The molecule has 3 N–H and O–H groups in total. The van der Waals surface area contributed by atoms with Gasteiger partial charge in [0, 0.05) is 41.2 Å². The van der Waals surface area contributed by atoms with Gasteiger partial charge in [-0.15, -0.1) is 0 Å². The van der Waals surface area contributed by atoms with E-state index < -0.39 is 7.14 Å². The van der Waals surface area contributed by atoms with Crippen LogP contribution in [0.2, 0.25) is 0 Å². The van der Waals surface area contributed by atoms with Crippen molar-refractivity contribution in [2.45, 2.75) is 39.8 Å². The second-order valence-electron chi connectivity index (χ2n) is 11.6. The highest BCUT2D eigenvalue weighted by molar-refractivity contribution is 7.78. The zero-order valence-corrected chi connectivity index (χ0v) is 27.4. The first-order valence-corrected chi connectivity index (χ1v) is 17.6.